The lowest BCUT2D eigenvalue weighted by Crippen LogP contribution is -2.45. The van der Waals surface area contributed by atoms with E-state index in [0.29, 0.717) is 41.9 Å². The molecule has 2 aliphatic rings. The van der Waals surface area contributed by atoms with Crippen molar-refractivity contribution in [3.63, 3.8) is 0 Å². The van der Waals surface area contributed by atoms with Gasteiger partial charge in [0, 0.05) is 28.9 Å². The van der Waals surface area contributed by atoms with Gasteiger partial charge in [-0.15, -0.1) is 0 Å². The lowest BCUT2D eigenvalue weighted by atomic mass is 10.1. The fourth-order valence-electron chi connectivity index (χ4n) is 3.12. The standard InChI is InChI=1S/C16H18Cl2N2O3/c17-11-6-12(18)8-13(7-11)19-15(21)14-2-1-4-20(14)16(22)10-3-5-23-9-10/h6-8,10,14H,1-5,9H2,(H,19,21)/t10-,14-/m0/s1. The van der Waals surface area contributed by atoms with Crippen LogP contribution in [0.4, 0.5) is 5.69 Å². The van der Waals surface area contributed by atoms with Gasteiger partial charge < -0.3 is 15.0 Å². The molecule has 1 aromatic carbocycles. The van der Waals surface area contributed by atoms with Crippen molar-refractivity contribution < 1.29 is 14.3 Å². The summed E-state index contributed by atoms with van der Waals surface area (Å²) in [5, 5.41) is 3.72. The number of ether oxygens (including phenoxy) is 1. The Kier molecular flexibility index (Phi) is 5.09. The third kappa shape index (κ3) is 3.79. The van der Waals surface area contributed by atoms with E-state index in [0.717, 1.165) is 12.8 Å². The number of halogens is 2. The lowest BCUT2D eigenvalue weighted by molar-refractivity contribution is -0.140. The molecule has 2 atom stereocenters. The van der Waals surface area contributed by atoms with E-state index in [1.54, 1.807) is 23.1 Å². The number of likely N-dealkylation sites (tertiary alicyclic amines) is 1. The summed E-state index contributed by atoms with van der Waals surface area (Å²) < 4.78 is 5.28. The zero-order valence-electron chi connectivity index (χ0n) is 12.6. The van der Waals surface area contributed by atoms with Gasteiger partial charge in [0.2, 0.25) is 11.8 Å². The number of benzene rings is 1. The molecule has 3 rings (SSSR count). The van der Waals surface area contributed by atoms with E-state index in [9.17, 15) is 9.59 Å². The topological polar surface area (TPSA) is 58.6 Å². The van der Waals surface area contributed by atoms with E-state index in [4.69, 9.17) is 27.9 Å². The normalized spacial score (nSPS) is 24.0. The maximum Gasteiger partial charge on any atom is 0.247 e. The Bertz CT molecular complexity index is 597. The van der Waals surface area contributed by atoms with Crippen LogP contribution in [0.5, 0.6) is 0 Å². The molecule has 2 aliphatic heterocycles. The summed E-state index contributed by atoms with van der Waals surface area (Å²) in [7, 11) is 0. The van der Waals surface area contributed by atoms with Crippen molar-refractivity contribution in [1.29, 1.82) is 0 Å². The zero-order valence-corrected chi connectivity index (χ0v) is 14.1. The molecule has 0 aromatic heterocycles. The van der Waals surface area contributed by atoms with Crippen LogP contribution in [0.3, 0.4) is 0 Å². The van der Waals surface area contributed by atoms with Crippen molar-refractivity contribution in [2.24, 2.45) is 5.92 Å². The van der Waals surface area contributed by atoms with Gasteiger partial charge in [0.05, 0.1) is 12.5 Å². The van der Waals surface area contributed by atoms with Gasteiger partial charge in [-0.05, 0) is 37.5 Å². The van der Waals surface area contributed by atoms with Crippen molar-refractivity contribution in [2.75, 3.05) is 25.1 Å². The molecule has 0 saturated carbocycles. The molecular formula is C16H18Cl2N2O3. The van der Waals surface area contributed by atoms with E-state index in [1.165, 1.54) is 0 Å². The molecule has 1 aromatic rings. The van der Waals surface area contributed by atoms with E-state index in [2.05, 4.69) is 5.32 Å². The molecular weight excluding hydrogens is 339 g/mol. The highest BCUT2D eigenvalue weighted by Crippen LogP contribution is 2.26. The summed E-state index contributed by atoms with van der Waals surface area (Å²) in [5.74, 6) is -0.304. The zero-order chi connectivity index (χ0) is 16.4. The van der Waals surface area contributed by atoms with E-state index in [-0.39, 0.29) is 17.7 Å². The summed E-state index contributed by atoms with van der Waals surface area (Å²) in [6.07, 6.45) is 2.22. The van der Waals surface area contributed by atoms with Gasteiger partial charge in [-0.1, -0.05) is 23.2 Å². The second kappa shape index (κ2) is 7.07. The number of carbonyl (C=O) groups is 2. The summed E-state index contributed by atoms with van der Waals surface area (Å²) in [5.41, 5.74) is 0.538. The predicted molar refractivity (Wildman–Crippen MR) is 88.8 cm³/mol. The molecule has 0 spiro atoms. The van der Waals surface area contributed by atoms with E-state index in [1.807, 2.05) is 0 Å². The molecule has 2 saturated heterocycles. The van der Waals surface area contributed by atoms with Crippen LogP contribution >= 0.6 is 23.2 Å². The number of hydrogen-bond acceptors (Lipinski definition) is 3. The predicted octanol–water partition coefficient (Wildman–Crippen LogP) is 2.96. The number of nitrogens with one attached hydrogen (secondary N) is 1. The van der Waals surface area contributed by atoms with Crippen LogP contribution in [-0.4, -0.2) is 42.5 Å². The maximum absolute atomic E-state index is 12.5. The van der Waals surface area contributed by atoms with Crippen molar-refractivity contribution >= 4 is 40.7 Å². The highest BCUT2D eigenvalue weighted by molar-refractivity contribution is 6.35. The third-order valence-electron chi connectivity index (χ3n) is 4.25. The molecule has 5 nitrogen and oxygen atoms in total. The smallest absolute Gasteiger partial charge is 0.247 e. The molecule has 0 radical (unpaired) electrons. The van der Waals surface area contributed by atoms with Crippen LogP contribution in [0.25, 0.3) is 0 Å². The highest BCUT2D eigenvalue weighted by Gasteiger charge is 2.38. The third-order valence-corrected chi connectivity index (χ3v) is 4.68. The molecule has 23 heavy (non-hydrogen) atoms. The van der Waals surface area contributed by atoms with Gasteiger partial charge in [-0.2, -0.15) is 0 Å². The molecule has 0 bridgehead atoms. The largest absolute Gasteiger partial charge is 0.381 e. The summed E-state index contributed by atoms with van der Waals surface area (Å²) in [6, 6.07) is 4.43. The van der Waals surface area contributed by atoms with Crippen molar-refractivity contribution in [3.05, 3.63) is 28.2 Å². The molecule has 124 valence electrons. The fraction of sp³-hybridized carbons (Fsp3) is 0.500. The summed E-state index contributed by atoms with van der Waals surface area (Å²) in [4.78, 5) is 26.8. The maximum atomic E-state index is 12.5. The first kappa shape index (κ1) is 16.6. The first-order valence-corrected chi connectivity index (χ1v) is 8.45. The molecule has 1 N–H and O–H groups in total. The molecule has 2 heterocycles. The van der Waals surface area contributed by atoms with Gasteiger partial charge in [-0.25, -0.2) is 0 Å². The summed E-state index contributed by atoms with van der Waals surface area (Å²) in [6.45, 7) is 1.68. The number of hydrogen-bond donors (Lipinski definition) is 1. The van der Waals surface area contributed by atoms with Crippen molar-refractivity contribution in [2.45, 2.75) is 25.3 Å². The van der Waals surface area contributed by atoms with Gasteiger partial charge in [-0.3, -0.25) is 9.59 Å². The van der Waals surface area contributed by atoms with Gasteiger partial charge in [0.1, 0.15) is 6.04 Å². The Hall–Kier alpha value is -1.30. The first-order chi connectivity index (χ1) is 11.0. The SMILES string of the molecule is O=C(Nc1cc(Cl)cc(Cl)c1)[C@@H]1CCCN1C(=O)[C@H]1CCOC1. The number of anilines is 1. The number of rotatable bonds is 3. The molecule has 0 aliphatic carbocycles. The van der Waals surface area contributed by atoms with Gasteiger partial charge in [0.15, 0.2) is 0 Å². The molecule has 7 heteroatoms. The van der Waals surface area contributed by atoms with Crippen LogP contribution in [-0.2, 0) is 14.3 Å². The number of nitrogens with zero attached hydrogens (tertiary/aromatic N) is 1. The molecule has 2 fully saturated rings. The van der Waals surface area contributed by atoms with Crippen molar-refractivity contribution in [3.8, 4) is 0 Å². The second-order valence-electron chi connectivity index (χ2n) is 5.90. The number of carbonyl (C=O) groups excluding carboxylic acids is 2. The minimum absolute atomic E-state index is 0.0178. The Morgan fingerprint density at radius 3 is 2.57 bits per heavy atom. The minimum Gasteiger partial charge on any atom is -0.381 e. The second-order valence-corrected chi connectivity index (χ2v) is 6.77. The quantitative estimate of drug-likeness (QED) is 0.905. The Labute approximate surface area is 144 Å². The van der Waals surface area contributed by atoms with Crippen LogP contribution in [0.2, 0.25) is 10.0 Å². The van der Waals surface area contributed by atoms with Crippen LogP contribution in [0.1, 0.15) is 19.3 Å². The minimum atomic E-state index is -0.444. The van der Waals surface area contributed by atoms with Crippen molar-refractivity contribution in [1.82, 2.24) is 4.90 Å². The van der Waals surface area contributed by atoms with E-state index < -0.39 is 6.04 Å². The van der Waals surface area contributed by atoms with Gasteiger partial charge in [0.25, 0.3) is 0 Å². The Balaban J connectivity index is 1.69. The van der Waals surface area contributed by atoms with Crippen LogP contribution in [0.15, 0.2) is 18.2 Å². The average Bonchev–Trinajstić information content (AvgIpc) is 3.17. The van der Waals surface area contributed by atoms with Crippen LogP contribution in [0, 0.1) is 5.92 Å². The lowest BCUT2D eigenvalue weighted by Gasteiger charge is -2.26. The fourth-order valence-corrected chi connectivity index (χ4v) is 3.64. The molecule has 2 amide bonds. The first-order valence-electron chi connectivity index (χ1n) is 7.70. The summed E-state index contributed by atoms with van der Waals surface area (Å²) >= 11 is 11.9. The van der Waals surface area contributed by atoms with E-state index >= 15 is 0 Å². The van der Waals surface area contributed by atoms with Crippen LogP contribution < -0.4 is 5.32 Å². The Morgan fingerprint density at radius 1 is 1.17 bits per heavy atom. The average molecular weight is 357 g/mol. The van der Waals surface area contributed by atoms with Gasteiger partial charge >= 0.3 is 0 Å². The monoisotopic (exact) mass is 356 g/mol. The Morgan fingerprint density at radius 2 is 1.91 bits per heavy atom. The highest BCUT2D eigenvalue weighted by atomic mass is 35.5. The molecule has 0 unspecified atom stereocenters. The number of amides is 2.